The Hall–Kier alpha value is -7.72. The molecule has 12 rings (SSSR count). The zero-order valence-electron chi connectivity index (χ0n) is 33.1. The van der Waals surface area contributed by atoms with Crippen molar-refractivity contribution in [2.45, 2.75) is 0 Å². The molecule has 2 heterocycles. The summed E-state index contributed by atoms with van der Waals surface area (Å²) in [5.74, 6) is 0. The van der Waals surface area contributed by atoms with Crippen LogP contribution >= 0.6 is 11.3 Å². The normalized spacial score (nSPS) is 11.6. The van der Waals surface area contributed by atoms with Crippen LogP contribution in [0.15, 0.2) is 229 Å². The van der Waals surface area contributed by atoms with Gasteiger partial charge < -0.3 is 9.32 Å². The van der Waals surface area contributed by atoms with Crippen molar-refractivity contribution < 1.29 is 4.42 Å². The van der Waals surface area contributed by atoms with E-state index in [-0.39, 0.29) is 0 Å². The molecule has 0 saturated carbocycles. The summed E-state index contributed by atoms with van der Waals surface area (Å²) in [6, 6.07) is 80.9. The van der Waals surface area contributed by atoms with E-state index in [4.69, 9.17) is 4.42 Å². The van der Waals surface area contributed by atoms with Crippen molar-refractivity contribution in [3.05, 3.63) is 224 Å². The van der Waals surface area contributed by atoms with E-state index in [0.29, 0.717) is 0 Å². The second-order valence-corrected chi connectivity index (χ2v) is 16.7. The van der Waals surface area contributed by atoms with Crippen LogP contribution in [0.5, 0.6) is 0 Å². The van der Waals surface area contributed by atoms with Crippen molar-refractivity contribution in [2.75, 3.05) is 4.90 Å². The molecular weight excluding hydrogens is 759 g/mol. The Kier molecular flexibility index (Phi) is 8.39. The van der Waals surface area contributed by atoms with Gasteiger partial charge >= 0.3 is 0 Å². The molecule has 0 radical (unpaired) electrons. The van der Waals surface area contributed by atoms with Gasteiger partial charge in [-0.05, 0) is 92.2 Å². The van der Waals surface area contributed by atoms with Gasteiger partial charge in [-0.2, -0.15) is 0 Å². The van der Waals surface area contributed by atoms with Crippen LogP contribution in [-0.2, 0) is 0 Å². The lowest BCUT2D eigenvalue weighted by molar-refractivity contribution is 0.670. The summed E-state index contributed by atoms with van der Waals surface area (Å²) in [7, 11) is 0. The first-order valence-corrected chi connectivity index (χ1v) is 21.6. The van der Waals surface area contributed by atoms with E-state index < -0.39 is 0 Å². The molecule has 3 heteroatoms. The third-order valence-electron chi connectivity index (χ3n) is 12.1. The predicted octanol–water partition coefficient (Wildman–Crippen LogP) is 17.2. The Morgan fingerprint density at radius 3 is 1.46 bits per heavy atom. The van der Waals surface area contributed by atoms with Crippen LogP contribution < -0.4 is 4.90 Å². The van der Waals surface area contributed by atoms with Crippen LogP contribution in [0.4, 0.5) is 17.1 Å². The summed E-state index contributed by atoms with van der Waals surface area (Å²) in [6.07, 6.45) is 0. The van der Waals surface area contributed by atoms with Gasteiger partial charge in [0.25, 0.3) is 0 Å². The Labute approximate surface area is 357 Å². The van der Waals surface area contributed by atoms with Crippen molar-refractivity contribution in [1.82, 2.24) is 0 Å². The van der Waals surface area contributed by atoms with E-state index in [1.54, 1.807) is 0 Å². The molecule has 12 aromatic rings. The minimum Gasteiger partial charge on any atom is -0.453 e. The van der Waals surface area contributed by atoms with E-state index in [0.717, 1.165) is 50.1 Å². The zero-order chi connectivity index (χ0) is 40.3. The van der Waals surface area contributed by atoms with Crippen LogP contribution in [0, 0.1) is 0 Å². The highest BCUT2D eigenvalue weighted by molar-refractivity contribution is 7.25. The Morgan fingerprint density at radius 1 is 0.295 bits per heavy atom. The largest absolute Gasteiger partial charge is 0.453 e. The highest BCUT2D eigenvalue weighted by Crippen LogP contribution is 2.45. The molecule has 0 bridgehead atoms. The molecule has 0 saturated heterocycles. The van der Waals surface area contributed by atoms with Gasteiger partial charge in [-0.15, -0.1) is 11.3 Å². The Balaban J connectivity index is 0.993. The minimum absolute atomic E-state index is 0.853. The molecule has 10 aromatic carbocycles. The van der Waals surface area contributed by atoms with Crippen molar-refractivity contribution in [3.63, 3.8) is 0 Å². The molecule has 2 aromatic heterocycles. The van der Waals surface area contributed by atoms with Gasteiger partial charge in [0.15, 0.2) is 5.58 Å². The number of fused-ring (bicyclic) bond motifs is 7. The lowest BCUT2D eigenvalue weighted by Crippen LogP contribution is -2.10. The first kappa shape index (κ1) is 35.2. The number of anilines is 3. The van der Waals surface area contributed by atoms with Gasteiger partial charge in [0.1, 0.15) is 5.58 Å². The number of para-hydroxylation sites is 2. The highest BCUT2D eigenvalue weighted by Gasteiger charge is 2.21. The van der Waals surface area contributed by atoms with Gasteiger partial charge in [0.05, 0.1) is 5.69 Å². The zero-order valence-corrected chi connectivity index (χ0v) is 33.9. The van der Waals surface area contributed by atoms with Crippen molar-refractivity contribution in [3.8, 4) is 44.5 Å². The first-order valence-electron chi connectivity index (χ1n) is 20.7. The number of thiophene rings is 1. The molecule has 2 nitrogen and oxygen atoms in total. The molecule has 0 unspecified atom stereocenters. The predicted molar refractivity (Wildman–Crippen MR) is 261 cm³/mol. The molecule has 0 aliphatic heterocycles. The summed E-state index contributed by atoms with van der Waals surface area (Å²) in [5.41, 5.74) is 14.3. The van der Waals surface area contributed by atoms with E-state index in [2.05, 4.69) is 229 Å². The summed E-state index contributed by atoms with van der Waals surface area (Å²) < 4.78 is 9.62. The SMILES string of the molecule is c1ccc(-c2ccc(-c3ccc(N(c4ccc(-c5ccc6c(c5)sc5ccccc56)cc4)c4cccc5c4oc4c(-c6ccccc6)cccc45)cc3)c3ccccc23)cc1. The molecule has 0 amide bonds. The van der Waals surface area contributed by atoms with E-state index >= 15 is 0 Å². The van der Waals surface area contributed by atoms with Gasteiger partial charge in [-0.3, -0.25) is 0 Å². The molecule has 61 heavy (non-hydrogen) atoms. The smallest absolute Gasteiger partial charge is 0.159 e. The number of nitrogens with zero attached hydrogens (tertiary/aromatic N) is 1. The standard InChI is InChI=1S/C58H37NOS/c1-3-13-39(14-4-1)45-35-36-46(49-18-8-7-17-48(45)49)41-27-32-44(33-28-41)59(43-30-25-38(26-31-43)42-29-34-51-50-19-9-10-24-55(50)61-56(51)37-42)54-23-12-22-53-52-21-11-20-47(57(52)60-58(53)54)40-15-5-2-6-16-40/h1-37H. The monoisotopic (exact) mass is 795 g/mol. The lowest BCUT2D eigenvalue weighted by Gasteiger charge is -2.26. The maximum absolute atomic E-state index is 7.00. The Morgan fingerprint density at radius 2 is 0.787 bits per heavy atom. The highest BCUT2D eigenvalue weighted by atomic mass is 32.1. The summed E-state index contributed by atoms with van der Waals surface area (Å²) in [4.78, 5) is 2.34. The summed E-state index contributed by atoms with van der Waals surface area (Å²) in [6.45, 7) is 0. The van der Waals surface area contributed by atoms with Crippen LogP contribution in [0.3, 0.4) is 0 Å². The fraction of sp³-hybridized carbons (Fsp3) is 0. The van der Waals surface area contributed by atoms with Crippen molar-refractivity contribution >= 4 is 81.3 Å². The molecule has 0 atom stereocenters. The Bertz CT molecular complexity index is 3570. The number of rotatable bonds is 7. The summed E-state index contributed by atoms with van der Waals surface area (Å²) >= 11 is 1.86. The van der Waals surface area contributed by atoms with Crippen LogP contribution in [0.2, 0.25) is 0 Å². The fourth-order valence-corrected chi connectivity index (χ4v) is 10.3. The average molecular weight is 796 g/mol. The number of hydrogen-bond acceptors (Lipinski definition) is 3. The first-order chi connectivity index (χ1) is 30.2. The van der Waals surface area contributed by atoms with Crippen molar-refractivity contribution in [2.24, 2.45) is 0 Å². The fourth-order valence-electron chi connectivity index (χ4n) is 9.17. The molecule has 0 spiro atoms. The average Bonchev–Trinajstić information content (AvgIpc) is 3.91. The third kappa shape index (κ3) is 6.01. The minimum atomic E-state index is 0.853. The van der Waals surface area contributed by atoms with Crippen molar-refractivity contribution in [1.29, 1.82) is 0 Å². The molecule has 286 valence electrons. The van der Waals surface area contributed by atoms with Gasteiger partial charge in [0, 0.05) is 47.9 Å². The quantitative estimate of drug-likeness (QED) is 0.160. The molecule has 0 aliphatic carbocycles. The van der Waals surface area contributed by atoms with Crippen LogP contribution in [0.25, 0.3) is 97.4 Å². The third-order valence-corrected chi connectivity index (χ3v) is 13.2. The maximum atomic E-state index is 7.00. The van der Waals surface area contributed by atoms with Gasteiger partial charge in [-0.1, -0.05) is 182 Å². The molecular formula is C58H37NOS. The number of benzene rings is 10. The molecule has 0 aliphatic rings. The number of furan rings is 1. The van der Waals surface area contributed by atoms with Gasteiger partial charge in [-0.25, -0.2) is 0 Å². The van der Waals surface area contributed by atoms with E-state index in [1.165, 1.54) is 64.3 Å². The van der Waals surface area contributed by atoms with Crippen LogP contribution in [-0.4, -0.2) is 0 Å². The molecule has 0 N–H and O–H groups in total. The summed E-state index contributed by atoms with van der Waals surface area (Å²) in [5, 5.41) is 7.30. The number of hydrogen-bond donors (Lipinski definition) is 0. The van der Waals surface area contributed by atoms with E-state index in [9.17, 15) is 0 Å². The second-order valence-electron chi connectivity index (χ2n) is 15.6. The maximum Gasteiger partial charge on any atom is 0.159 e. The second kappa shape index (κ2) is 14.5. The van der Waals surface area contributed by atoms with Gasteiger partial charge in [0.2, 0.25) is 0 Å². The van der Waals surface area contributed by atoms with E-state index in [1.807, 2.05) is 11.3 Å². The topological polar surface area (TPSA) is 16.4 Å². The lowest BCUT2D eigenvalue weighted by atomic mass is 9.92. The van der Waals surface area contributed by atoms with Crippen LogP contribution in [0.1, 0.15) is 0 Å². The molecule has 0 fully saturated rings.